The summed E-state index contributed by atoms with van der Waals surface area (Å²) in [6.07, 6.45) is 0. The van der Waals surface area contributed by atoms with E-state index in [-0.39, 0.29) is 22.4 Å². The van der Waals surface area contributed by atoms with Crippen molar-refractivity contribution in [2.45, 2.75) is 26.2 Å². The molecule has 1 aromatic rings. The molecule has 0 aliphatic rings. The van der Waals surface area contributed by atoms with Crippen molar-refractivity contribution >= 4 is 11.6 Å². The molecule has 0 saturated heterocycles. The van der Waals surface area contributed by atoms with Gasteiger partial charge in [-0.1, -0.05) is 20.8 Å². The average molecular weight is 252 g/mol. The van der Waals surface area contributed by atoms with Crippen molar-refractivity contribution < 1.29 is 14.5 Å². The molecule has 0 unspecified atom stereocenters. The van der Waals surface area contributed by atoms with Gasteiger partial charge in [0.2, 0.25) is 5.75 Å². The lowest BCUT2D eigenvalue weighted by Gasteiger charge is -2.20. The van der Waals surface area contributed by atoms with Crippen LogP contribution in [0.1, 0.15) is 36.7 Å². The minimum Gasteiger partial charge on any atom is -0.490 e. The molecule has 0 aliphatic carbocycles. The molecular weight excluding hydrogens is 236 g/mol. The Labute approximate surface area is 105 Å². The highest BCUT2D eigenvalue weighted by atomic mass is 16.6. The molecule has 0 fully saturated rings. The minimum absolute atomic E-state index is 0.0247. The zero-order valence-corrected chi connectivity index (χ0v) is 10.8. The number of benzene rings is 1. The second-order valence-corrected chi connectivity index (χ2v) is 4.95. The van der Waals surface area contributed by atoms with E-state index in [2.05, 4.69) is 0 Å². The second kappa shape index (κ2) is 4.64. The van der Waals surface area contributed by atoms with Gasteiger partial charge in [0.05, 0.1) is 17.6 Å². The number of primary amides is 1. The van der Waals surface area contributed by atoms with Crippen LogP contribution in [0.5, 0.6) is 5.75 Å². The number of nitro groups is 1. The summed E-state index contributed by atoms with van der Waals surface area (Å²) in [5.41, 5.74) is 5.33. The van der Waals surface area contributed by atoms with Gasteiger partial charge < -0.3 is 10.5 Å². The maximum Gasteiger partial charge on any atom is 0.312 e. The van der Waals surface area contributed by atoms with Gasteiger partial charge in [-0.25, -0.2) is 0 Å². The number of hydrogen-bond donors (Lipinski definition) is 1. The third kappa shape index (κ3) is 2.58. The second-order valence-electron chi connectivity index (χ2n) is 4.95. The predicted molar refractivity (Wildman–Crippen MR) is 66.9 cm³/mol. The van der Waals surface area contributed by atoms with E-state index in [4.69, 9.17) is 10.5 Å². The third-order valence-electron chi connectivity index (χ3n) is 2.60. The maximum absolute atomic E-state index is 11.4. The first kappa shape index (κ1) is 14.0. The first-order valence-electron chi connectivity index (χ1n) is 5.35. The van der Waals surface area contributed by atoms with Crippen LogP contribution in [0.2, 0.25) is 0 Å². The zero-order valence-electron chi connectivity index (χ0n) is 10.8. The molecule has 1 amide bonds. The number of nitro benzene ring substituents is 1. The summed E-state index contributed by atoms with van der Waals surface area (Å²) >= 11 is 0. The van der Waals surface area contributed by atoms with E-state index in [0.717, 1.165) is 0 Å². The van der Waals surface area contributed by atoms with Gasteiger partial charge in [0.15, 0.2) is 0 Å². The number of nitrogens with two attached hydrogens (primary N) is 1. The fraction of sp³-hybridized carbons (Fsp3) is 0.417. The number of amides is 1. The summed E-state index contributed by atoms with van der Waals surface area (Å²) in [4.78, 5) is 21.8. The van der Waals surface area contributed by atoms with Crippen molar-refractivity contribution in [3.8, 4) is 5.75 Å². The Kier molecular flexibility index (Phi) is 3.59. The molecular formula is C12H16N2O4. The zero-order chi connectivity index (χ0) is 14.1. The fourth-order valence-corrected chi connectivity index (χ4v) is 1.58. The van der Waals surface area contributed by atoms with Crippen LogP contribution in [0, 0.1) is 10.1 Å². The van der Waals surface area contributed by atoms with Gasteiger partial charge in [0.25, 0.3) is 5.91 Å². The highest BCUT2D eigenvalue weighted by molar-refractivity contribution is 5.97. The Morgan fingerprint density at radius 1 is 1.39 bits per heavy atom. The summed E-state index contributed by atoms with van der Waals surface area (Å²) in [6.45, 7) is 5.68. The van der Waals surface area contributed by atoms with Crippen LogP contribution >= 0.6 is 0 Å². The number of carbonyl (C=O) groups is 1. The highest BCUT2D eigenvalue weighted by Crippen LogP contribution is 2.36. The number of rotatable bonds is 3. The Balaban J connectivity index is 3.65. The number of methoxy groups -OCH3 is 1. The molecule has 2 N–H and O–H groups in total. The van der Waals surface area contributed by atoms with Crippen molar-refractivity contribution in [1.29, 1.82) is 0 Å². The molecule has 6 nitrogen and oxygen atoms in total. The molecule has 1 rings (SSSR count). The van der Waals surface area contributed by atoms with Crippen molar-refractivity contribution in [3.05, 3.63) is 33.4 Å². The Bertz CT molecular complexity index is 468. The van der Waals surface area contributed by atoms with E-state index in [9.17, 15) is 14.9 Å². The van der Waals surface area contributed by atoms with Crippen molar-refractivity contribution in [2.24, 2.45) is 5.73 Å². The molecule has 0 spiro atoms. The topological polar surface area (TPSA) is 95.5 Å². The van der Waals surface area contributed by atoms with Crippen LogP contribution in [0.15, 0.2) is 12.1 Å². The Morgan fingerprint density at radius 2 is 1.94 bits per heavy atom. The SMILES string of the molecule is COc1c(C(N)=O)cc(C(C)(C)C)cc1[N+](=O)[O-]. The van der Waals surface area contributed by atoms with E-state index in [1.54, 1.807) is 0 Å². The first-order valence-corrected chi connectivity index (χ1v) is 5.35. The molecule has 0 aliphatic heterocycles. The van der Waals surface area contributed by atoms with Gasteiger partial charge in [-0.3, -0.25) is 14.9 Å². The van der Waals surface area contributed by atoms with Crippen LogP contribution in [0.25, 0.3) is 0 Å². The molecule has 18 heavy (non-hydrogen) atoms. The largest absolute Gasteiger partial charge is 0.490 e. The van der Waals surface area contributed by atoms with Crippen LogP contribution in [0.3, 0.4) is 0 Å². The third-order valence-corrected chi connectivity index (χ3v) is 2.60. The molecule has 0 heterocycles. The van der Waals surface area contributed by atoms with Crippen molar-refractivity contribution in [1.82, 2.24) is 0 Å². The van der Waals surface area contributed by atoms with Gasteiger partial charge >= 0.3 is 5.69 Å². The smallest absolute Gasteiger partial charge is 0.312 e. The number of nitrogens with zero attached hydrogens (tertiary/aromatic N) is 1. The van der Waals surface area contributed by atoms with E-state index in [0.29, 0.717) is 5.56 Å². The molecule has 98 valence electrons. The predicted octanol–water partition coefficient (Wildman–Crippen LogP) is 2.00. The molecule has 6 heteroatoms. The van der Waals surface area contributed by atoms with Crippen molar-refractivity contribution in [2.75, 3.05) is 7.11 Å². The minimum atomic E-state index is -0.749. The highest BCUT2D eigenvalue weighted by Gasteiger charge is 2.27. The molecule has 0 aromatic heterocycles. The van der Waals surface area contributed by atoms with Crippen LogP contribution < -0.4 is 10.5 Å². The standard InChI is InChI=1S/C12H16N2O4/c1-12(2,3)7-5-8(11(13)15)10(18-4)9(6-7)14(16)17/h5-6H,1-4H3,(H2,13,15). The van der Waals surface area contributed by atoms with Gasteiger partial charge in [0, 0.05) is 6.07 Å². The maximum atomic E-state index is 11.4. The summed E-state index contributed by atoms with van der Waals surface area (Å²) < 4.78 is 4.92. The molecule has 0 radical (unpaired) electrons. The fourth-order valence-electron chi connectivity index (χ4n) is 1.58. The van der Waals surface area contributed by atoms with Crippen LogP contribution in [-0.2, 0) is 5.41 Å². The van der Waals surface area contributed by atoms with E-state index < -0.39 is 10.8 Å². The lowest BCUT2D eigenvalue weighted by atomic mass is 9.85. The number of hydrogen-bond acceptors (Lipinski definition) is 4. The Morgan fingerprint density at radius 3 is 2.28 bits per heavy atom. The van der Waals surface area contributed by atoms with Gasteiger partial charge in [0.1, 0.15) is 0 Å². The quantitative estimate of drug-likeness (QED) is 0.657. The van der Waals surface area contributed by atoms with Crippen molar-refractivity contribution in [3.63, 3.8) is 0 Å². The summed E-state index contributed by atoms with van der Waals surface area (Å²) in [5, 5.41) is 11.0. The van der Waals surface area contributed by atoms with Gasteiger partial charge in [-0.15, -0.1) is 0 Å². The summed E-state index contributed by atoms with van der Waals surface area (Å²) in [5.74, 6) is -0.846. The van der Waals surface area contributed by atoms with Crippen LogP contribution in [0.4, 0.5) is 5.69 Å². The van der Waals surface area contributed by atoms with E-state index in [1.807, 2.05) is 20.8 Å². The Hall–Kier alpha value is -2.11. The molecule has 0 atom stereocenters. The number of carbonyl (C=O) groups excluding carboxylic acids is 1. The molecule has 1 aromatic carbocycles. The molecule has 0 bridgehead atoms. The van der Waals surface area contributed by atoms with E-state index >= 15 is 0 Å². The normalized spacial score (nSPS) is 11.1. The first-order chi connectivity index (χ1) is 8.18. The number of ether oxygens (including phenoxy) is 1. The van der Waals surface area contributed by atoms with Gasteiger partial charge in [-0.2, -0.15) is 0 Å². The lowest BCUT2D eigenvalue weighted by Crippen LogP contribution is -2.17. The van der Waals surface area contributed by atoms with E-state index in [1.165, 1.54) is 19.2 Å². The summed E-state index contributed by atoms with van der Waals surface area (Å²) in [7, 11) is 1.27. The summed E-state index contributed by atoms with van der Waals surface area (Å²) in [6, 6.07) is 2.94. The van der Waals surface area contributed by atoms with Crippen LogP contribution in [-0.4, -0.2) is 17.9 Å². The monoisotopic (exact) mass is 252 g/mol. The molecule has 0 saturated carbocycles. The van der Waals surface area contributed by atoms with Gasteiger partial charge in [-0.05, 0) is 17.0 Å². The lowest BCUT2D eigenvalue weighted by molar-refractivity contribution is -0.385. The average Bonchev–Trinajstić information content (AvgIpc) is 2.25.